The highest BCUT2D eigenvalue weighted by molar-refractivity contribution is 9.10. The van der Waals surface area contributed by atoms with Crippen molar-refractivity contribution in [1.29, 1.82) is 0 Å². The summed E-state index contributed by atoms with van der Waals surface area (Å²) in [5, 5.41) is 0. The van der Waals surface area contributed by atoms with Gasteiger partial charge in [0.2, 0.25) is 0 Å². The van der Waals surface area contributed by atoms with Crippen LogP contribution in [0.15, 0.2) is 51.7 Å². The lowest BCUT2D eigenvalue weighted by Gasteiger charge is -2.10. The second kappa shape index (κ2) is 5.38. The predicted octanol–water partition coefficient (Wildman–Crippen LogP) is 4.53. The molecule has 6 heteroatoms. The molecule has 0 saturated heterocycles. The summed E-state index contributed by atoms with van der Waals surface area (Å²) in [6, 6.07) is 9.14. The summed E-state index contributed by atoms with van der Waals surface area (Å²) in [7, 11) is 0. The van der Waals surface area contributed by atoms with Crippen LogP contribution in [0.4, 0.5) is 5.69 Å². The Morgan fingerprint density at radius 3 is 2.60 bits per heavy atom. The van der Waals surface area contributed by atoms with Gasteiger partial charge in [0.15, 0.2) is 5.75 Å². The third-order valence-corrected chi connectivity index (χ3v) is 3.63. The third kappa shape index (κ3) is 2.62. The Hall–Kier alpha value is -1.66. The smallest absolute Gasteiger partial charge is 0.156 e. The topological polar surface area (TPSA) is 61.0 Å². The lowest BCUT2D eigenvalue weighted by atomic mass is 10.3. The number of anilines is 1. The van der Waals surface area contributed by atoms with Crippen molar-refractivity contribution in [3.63, 3.8) is 0 Å². The van der Waals surface area contributed by atoms with Gasteiger partial charge in [-0.2, -0.15) is 0 Å². The monoisotopic (exact) mass is 393 g/mol. The van der Waals surface area contributed by atoms with Crippen LogP contribution in [0.1, 0.15) is 0 Å². The van der Waals surface area contributed by atoms with Crippen LogP contribution in [0.2, 0.25) is 0 Å². The van der Waals surface area contributed by atoms with Crippen LogP contribution in [-0.2, 0) is 0 Å². The van der Waals surface area contributed by atoms with Crippen molar-refractivity contribution >= 4 is 48.6 Å². The zero-order valence-corrected chi connectivity index (χ0v) is 13.3. The Bertz CT molecular complexity index is 792. The van der Waals surface area contributed by atoms with E-state index in [1.165, 1.54) is 0 Å². The first-order chi connectivity index (χ1) is 9.63. The molecule has 0 radical (unpaired) electrons. The number of benzene rings is 1. The summed E-state index contributed by atoms with van der Waals surface area (Å²) in [6.45, 7) is 0. The van der Waals surface area contributed by atoms with E-state index in [4.69, 9.17) is 10.5 Å². The number of nitrogens with zero attached hydrogens (tertiary/aromatic N) is 2. The molecular weight excluding hydrogens is 386 g/mol. The minimum Gasteiger partial charge on any atom is -0.453 e. The van der Waals surface area contributed by atoms with Crippen molar-refractivity contribution in [3.8, 4) is 11.5 Å². The summed E-state index contributed by atoms with van der Waals surface area (Å²) in [4.78, 5) is 8.61. The van der Waals surface area contributed by atoms with Gasteiger partial charge >= 0.3 is 0 Å². The molecule has 0 amide bonds. The fourth-order valence-electron chi connectivity index (χ4n) is 1.79. The Morgan fingerprint density at radius 2 is 1.80 bits per heavy atom. The molecule has 3 aromatic rings. The van der Waals surface area contributed by atoms with Crippen molar-refractivity contribution < 1.29 is 4.74 Å². The normalized spacial score (nSPS) is 10.7. The van der Waals surface area contributed by atoms with Gasteiger partial charge in [0.25, 0.3) is 0 Å². The van der Waals surface area contributed by atoms with Gasteiger partial charge in [0.1, 0.15) is 11.3 Å². The number of fused-ring (bicyclic) bond motifs is 1. The Labute approximate surface area is 132 Å². The van der Waals surface area contributed by atoms with Crippen LogP contribution >= 0.6 is 31.9 Å². The molecule has 2 N–H and O–H groups in total. The molecule has 0 atom stereocenters. The molecule has 20 heavy (non-hydrogen) atoms. The molecule has 0 aliphatic carbocycles. The Balaban J connectivity index is 2.06. The van der Waals surface area contributed by atoms with Crippen molar-refractivity contribution in [3.05, 3.63) is 51.7 Å². The summed E-state index contributed by atoms with van der Waals surface area (Å²) < 4.78 is 7.63. The average Bonchev–Trinajstić information content (AvgIpc) is 2.41. The molecule has 0 spiro atoms. The zero-order chi connectivity index (χ0) is 14.1. The van der Waals surface area contributed by atoms with E-state index in [2.05, 4.69) is 41.8 Å². The maximum absolute atomic E-state index is 5.94. The van der Waals surface area contributed by atoms with Crippen molar-refractivity contribution in [2.24, 2.45) is 0 Å². The minimum atomic E-state index is 0.557. The molecule has 0 fully saturated rings. The SMILES string of the molecule is Nc1cc(Br)ccc1Oc1ccnc2cc(Br)cnc12. The van der Waals surface area contributed by atoms with E-state index < -0.39 is 0 Å². The maximum Gasteiger partial charge on any atom is 0.156 e. The van der Waals surface area contributed by atoms with Gasteiger partial charge < -0.3 is 10.5 Å². The zero-order valence-electron chi connectivity index (χ0n) is 10.2. The second-order valence-electron chi connectivity index (χ2n) is 4.11. The lowest BCUT2D eigenvalue weighted by Crippen LogP contribution is -1.94. The fourth-order valence-corrected chi connectivity index (χ4v) is 2.49. The van der Waals surface area contributed by atoms with Crippen LogP contribution in [-0.4, -0.2) is 9.97 Å². The molecule has 1 aromatic carbocycles. The second-order valence-corrected chi connectivity index (χ2v) is 5.95. The highest BCUT2D eigenvalue weighted by atomic mass is 79.9. The number of hydrogen-bond donors (Lipinski definition) is 1. The minimum absolute atomic E-state index is 0.557. The number of halogens is 2. The molecule has 0 unspecified atom stereocenters. The quantitative estimate of drug-likeness (QED) is 0.648. The maximum atomic E-state index is 5.94. The molecule has 4 nitrogen and oxygen atoms in total. The Morgan fingerprint density at radius 1 is 0.950 bits per heavy atom. The third-order valence-electron chi connectivity index (χ3n) is 2.70. The van der Waals surface area contributed by atoms with Gasteiger partial charge in [-0.25, -0.2) is 4.98 Å². The van der Waals surface area contributed by atoms with Gasteiger partial charge in [0.05, 0.1) is 11.2 Å². The molecule has 2 heterocycles. The van der Waals surface area contributed by atoms with Crippen molar-refractivity contribution in [1.82, 2.24) is 9.97 Å². The number of aromatic nitrogens is 2. The molecule has 0 saturated carbocycles. The molecule has 3 rings (SSSR count). The van der Waals surface area contributed by atoms with Gasteiger partial charge in [0, 0.05) is 27.4 Å². The number of ether oxygens (including phenoxy) is 1. The van der Waals surface area contributed by atoms with Gasteiger partial charge in [-0.3, -0.25) is 4.98 Å². The van der Waals surface area contributed by atoms with Gasteiger partial charge in [-0.15, -0.1) is 0 Å². The molecule has 2 aromatic heterocycles. The highest BCUT2D eigenvalue weighted by Crippen LogP contribution is 2.33. The molecule has 100 valence electrons. The van der Waals surface area contributed by atoms with E-state index in [1.54, 1.807) is 24.5 Å². The van der Waals surface area contributed by atoms with Crippen LogP contribution in [0.25, 0.3) is 11.0 Å². The van der Waals surface area contributed by atoms with E-state index >= 15 is 0 Å². The van der Waals surface area contributed by atoms with E-state index in [0.29, 0.717) is 22.7 Å². The number of rotatable bonds is 2. The van der Waals surface area contributed by atoms with E-state index in [9.17, 15) is 0 Å². The summed E-state index contributed by atoms with van der Waals surface area (Å²) in [5.74, 6) is 1.21. The van der Waals surface area contributed by atoms with E-state index in [-0.39, 0.29) is 0 Å². The van der Waals surface area contributed by atoms with Crippen LogP contribution in [0, 0.1) is 0 Å². The standard InChI is InChI=1S/C14H9Br2N3O/c15-8-1-2-12(10(17)5-8)20-13-3-4-18-11-6-9(16)7-19-14(11)13/h1-7H,17H2. The largest absolute Gasteiger partial charge is 0.453 e. The first-order valence-electron chi connectivity index (χ1n) is 5.76. The molecule has 0 bridgehead atoms. The first kappa shape index (κ1) is 13.3. The summed E-state index contributed by atoms with van der Waals surface area (Å²) in [6.07, 6.45) is 3.39. The Kier molecular flexibility index (Phi) is 3.58. The van der Waals surface area contributed by atoms with Gasteiger partial charge in [-0.05, 0) is 40.2 Å². The molecular formula is C14H9Br2N3O. The predicted molar refractivity (Wildman–Crippen MR) is 85.9 cm³/mol. The van der Waals surface area contributed by atoms with E-state index in [0.717, 1.165) is 14.5 Å². The number of hydrogen-bond acceptors (Lipinski definition) is 4. The lowest BCUT2D eigenvalue weighted by molar-refractivity contribution is 0.489. The van der Waals surface area contributed by atoms with E-state index in [1.807, 2.05) is 18.2 Å². The average molecular weight is 395 g/mol. The highest BCUT2D eigenvalue weighted by Gasteiger charge is 2.08. The first-order valence-corrected chi connectivity index (χ1v) is 7.35. The number of nitrogen functional groups attached to an aromatic ring is 1. The summed E-state index contributed by atoms with van der Waals surface area (Å²) in [5.41, 5.74) is 7.95. The van der Waals surface area contributed by atoms with Crippen molar-refractivity contribution in [2.75, 3.05) is 5.73 Å². The number of nitrogens with two attached hydrogens (primary N) is 1. The number of pyridine rings is 2. The molecule has 0 aliphatic heterocycles. The fraction of sp³-hybridized carbons (Fsp3) is 0. The van der Waals surface area contributed by atoms with Gasteiger partial charge in [-0.1, -0.05) is 15.9 Å². The van der Waals surface area contributed by atoms with Crippen LogP contribution in [0.5, 0.6) is 11.5 Å². The molecule has 0 aliphatic rings. The van der Waals surface area contributed by atoms with Crippen LogP contribution < -0.4 is 10.5 Å². The van der Waals surface area contributed by atoms with Crippen molar-refractivity contribution in [2.45, 2.75) is 0 Å². The van der Waals surface area contributed by atoms with Crippen LogP contribution in [0.3, 0.4) is 0 Å². The summed E-state index contributed by atoms with van der Waals surface area (Å²) >= 11 is 6.74.